The minimum absolute atomic E-state index is 0.0655. The molecular formula is C11H18N6O4. The van der Waals surface area contributed by atoms with Crippen LogP contribution in [0.1, 0.15) is 24.5 Å². The molecule has 3 amide bonds. The average Bonchev–Trinajstić information content (AvgIpc) is 2.78. The first-order chi connectivity index (χ1) is 9.79. The van der Waals surface area contributed by atoms with Crippen molar-refractivity contribution in [1.82, 2.24) is 25.4 Å². The average molecular weight is 298 g/mol. The lowest BCUT2D eigenvalue weighted by Gasteiger charge is -2.20. The number of aliphatic carboxylic acids is 1. The molecule has 0 radical (unpaired) electrons. The molecule has 1 rings (SSSR count). The number of carboxylic acid groups (broad SMARTS) is 1. The van der Waals surface area contributed by atoms with Crippen molar-refractivity contribution in [2.75, 3.05) is 7.05 Å². The largest absolute Gasteiger partial charge is 0.480 e. The van der Waals surface area contributed by atoms with Gasteiger partial charge in [-0.2, -0.15) is 5.10 Å². The standard InChI is InChI=1S/C11H18N6O4/c1-6-13-9(16-15-6)5-17(2)11(21)14-7(10(19)20)3-4-8(12)18/h7H,3-5H2,1-2H3,(H2,12,18)(H,14,21)(H,19,20)(H,13,15,16)/t7-/m0/s1. The summed E-state index contributed by atoms with van der Waals surface area (Å²) in [6.07, 6.45) is -0.189. The van der Waals surface area contributed by atoms with E-state index in [-0.39, 0.29) is 19.4 Å². The number of H-pyrrole nitrogens is 1. The van der Waals surface area contributed by atoms with Crippen LogP contribution >= 0.6 is 0 Å². The quantitative estimate of drug-likeness (QED) is 0.504. The molecule has 0 aliphatic carbocycles. The van der Waals surface area contributed by atoms with Gasteiger partial charge >= 0.3 is 12.0 Å². The molecule has 10 nitrogen and oxygen atoms in total. The monoisotopic (exact) mass is 298 g/mol. The van der Waals surface area contributed by atoms with Gasteiger partial charge in [0.15, 0.2) is 5.82 Å². The van der Waals surface area contributed by atoms with E-state index in [0.717, 1.165) is 0 Å². The number of rotatable bonds is 7. The van der Waals surface area contributed by atoms with Gasteiger partial charge in [-0.25, -0.2) is 14.6 Å². The number of aromatic nitrogens is 3. The molecule has 5 N–H and O–H groups in total. The second-order valence-corrected chi connectivity index (χ2v) is 4.54. The highest BCUT2D eigenvalue weighted by Crippen LogP contribution is 2.01. The van der Waals surface area contributed by atoms with Gasteiger partial charge in [-0.15, -0.1) is 0 Å². The number of aryl methyl sites for hydroxylation is 1. The summed E-state index contributed by atoms with van der Waals surface area (Å²) in [5.41, 5.74) is 4.96. The number of primary amides is 1. The van der Waals surface area contributed by atoms with Crippen LogP contribution in [0.25, 0.3) is 0 Å². The fourth-order valence-corrected chi connectivity index (χ4v) is 1.55. The maximum atomic E-state index is 11.9. The van der Waals surface area contributed by atoms with E-state index in [1.165, 1.54) is 11.9 Å². The Morgan fingerprint density at radius 2 is 2.14 bits per heavy atom. The van der Waals surface area contributed by atoms with E-state index >= 15 is 0 Å². The predicted molar refractivity (Wildman–Crippen MR) is 71.0 cm³/mol. The number of carbonyl (C=O) groups excluding carboxylic acids is 2. The van der Waals surface area contributed by atoms with Gasteiger partial charge in [0.2, 0.25) is 5.91 Å². The summed E-state index contributed by atoms with van der Waals surface area (Å²) < 4.78 is 0. The zero-order valence-corrected chi connectivity index (χ0v) is 11.8. The van der Waals surface area contributed by atoms with Crippen LogP contribution < -0.4 is 11.1 Å². The van der Waals surface area contributed by atoms with Crippen LogP contribution in [0.4, 0.5) is 4.79 Å². The van der Waals surface area contributed by atoms with Crippen molar-refractivity contribution in [1.29, 1.82) is 0 Å². The topological polar surface area (TPSA) is 154 Å². The fraction of sp³-hybridized carbons (Fsp3) is 0.545. The van der Waals surface area contributed by atoms with Crippen molar-refractivity contribution in [3.05, 3.63) is 11.6 Å². The lowest BCUT2D eigenvalue weighted by atomic mass is 10.1. The molecule has 0 aliphatic rings. The van der Waals surface area contributed by atoms with E-state index in [2.05, 4.69) is 20.5 Å². The minimum Gasteiger partial charge on any atom is -0.480 e. The van der Waals surface area contributed by atoms with Gasteiger partial charge in [0.05, 0.1) is 6.54 Å². The first kappa shape index (κ1) is 16.4. The van der Waals surface area contributed by atoms with E-state index < -0.39 is 23.9 Å². The number of carboxylic acids is 1. The fourth-order valence-electron chi connectivity index (χ4n) is 1.55. The lowest BCUT2D eigenvalue weighted by Crippen LogP contribution is -2.46. The zero-order valence-electron chi connectivity index (χ0n) is 11.8. The second-order valence-electron chi connectivity index (χ2n) is 4.54. The number of nitrogens with one attached hydrogen (secondary N) is 2. The Labute approximate surface area is 120 Å². The van der Waals surface area contributed by atoms with Crippen molar-refractivity contribution in [2.24, 2.45) is 5.73 Å². The highest BCUT2D eigenvalue weighted by atomic mass is 16.4. The molecule has 0 saturated heterocycles. The van der Waals surface area contributed by atoms with Crippen LogP contribution in [0.5, 0.6) is 0 Å². The summed E-state index contributed by atoms with van der Waals surface area (Å²) in [5, 5.41) is 17.8. The molecule has 1 heterocycles. The summed E-state index contributed by atoms with van der Waals surface area (Å²) in [4.78, 5) is 38.9. The normalized spacial score (nSPS) is 11.7. The summed E-state index contributed by atoms with van der Waals surface area (Å²) >= 11 is 0. The molecule has 116 valence electrons. The van der Waals surface area contributed by atoms with Crippen LogP contribution in [0, 0.1) is 6.92 Å². The maximum absolute atomic E-state index is 11.9. The van der Waals surface area contributed by atoms with Gasteiger partial charge in [-0.1, -0.05) is 0 Å². The van der Waals surface area contributed by atoms with E-state index in [9.17, 15) is 14.4 Å². The molecule has 0 aromatic carbocycles. The van der Waals surface area contributed by atoms with Crippen molar-refractivity contribution in [3.63, 3.8) is 0 Å². The molecule has 0 saturated carbocycles. The third-order valence-corrected chi connectivity index (χ3v) is 2.64. The van der Waals surface area contributed by atoms with Crippen molar-refractivity contribution in [2.45, 2.75) is 32.4 Å². The molecule has 1 aromatic rings. The highest BCUT2D eigenvalue weighted by molar-refractivity contribution is 5.83. The van der Waals surface area contributed by atoms with Gasteiger partial charge in [0, 0.05) is 13.5 Å². The van der Waals surface area contributed by atoms with Gasteiger partial charge < -0.3 is 21.1 Å². The maximum Gasteiger partial charge on any atom is 0.326 e. The smallest absolute Gasteiger partial charge is 0.326 e. The summed E-state index contributed by atoms with van der Waals surface area (Å²) in [6, 6.07) is -1.78. The Hall–Kier alpha value is -2.65. The summed E-state index contributed by atoms with van der Waals surface area (Å²) in [6.45, 7) is 1.85. The van der Waals surface area contributed by atoms with Gasteiger partial charge in [-0.3, -0.25) is 9.89 Å². The van der Waals surface area contributed by atoms with E-state index in [1.54, 1.807) is 6.92 Å². The minimum atomic E-state index is -1.23. The van der Waals surface area contributed by atoms with Gasteiger partial charge in [-0.05, 0) is 13.3 Å². The zero-order chi connectivity index (χ0) is 16.0. The molecule has 0 unspecified atom stereocenters. The Morgan fingerprint density at radius 1 is 1.48 bits per heavy atom. The Morgan fingerprint density at radius 3 is 2.62 bits per heavy atom. The molecule has 1 atom stereocenters. The molecule has 0 aliphatic heterocycles. The summed E-state index contributed by atoms with van der Waals surface area (Å²) in [5.74, 6) is -0.829. The van der Waals surface area contributed by atoms with Gasteiger partial charge in [0.25, 0.3) is 0 Å². The van der Waals surface area contributed by atoms with Crippen LogP contribution in [-0.2, 0) is 16.1 Å². The van der Waals surface area contributed by atoms with E-state index in [0.29, 0.717) is 11.6 Å². The molecular weight excluding hydrogens is 280 g/mol. The number of urea groups is 1. The molecule has 21 heavy (non-hydrogen) atoms. The van der Waals surface area contributed by atoms with Crippen molar-refractivity contribution in [3.8, 4) is 0 Å². The van der Waals surface area contributed by atoms with Gasteiger partial charge in [0.1, 0.15) is 11.9 Å². The van der Waals surface area contributed by atoms with E-state index in [4.69, 9.17) is 10.8 Å². The number of amides is 3. The molecule has 1 aromatic heterocycles. The van der Waals surface area contributed by atoms with Crippen LogP contribution in [0.15, 0.2) is 0 Å². The Kier molecular flexibility index (Phi) is 5.64. The number of nitrogens with two attached hydrogens (primary N) is 1. The second kappa shape index (κ2) is 7.22. The van der Waals surface area contributed by atoms with Crippen molar-refractivity contribution < 1.29 is 19.5 Å². The molecule has 0 fully saturated rings. The molecule has 0 spiro atoms. The third-order valence-electron chi connectivity index (χ3n) is 2.64. The first-order valence-corrected chi connectivity index (χ1v) is 6.20. The number of carbonyl (C=O) groups is 3. The van der Waals surface area contributed by atoms with Crippen LogP contribution in [0.2, 0.25) is 0 Å². The van der Waals surface area contributed by atoms with Crippen LogP contribution in [0.3, 0.4) is 0 Å². The van der Waals surface area contributed by atoms with E-state index in [1.807, 2.05) is 0 Å². The Balaban J connectivity index is 2.55. The van der Waals surface area contributed by atoms with Crippen molar-refractivity contribution >= 4 is 17.9 Å². The molecule has 10 heteroatoms. The third kappa shape index (κ3) is 5.47. The number of nitrogens with zero attached hydrogens (tertiary/aromatic N) is 3. The van der Waals surface area contributed by atoms with Crippen LogP contribution in [-0.4, -0.2) is 56.2 Å². The lowest BCUT2D eigenvalue weighted by molar-refractivity contribution is -0.139. The number of hydrogen-bond donors (Lipinski definition) is 4. The Bertz CT molecular complexity index is 529. The highest BCUT2D eigenvalue weighted by Gasteiger charge is 2.22. The number of hydrogen-bond acceptors (Lipinski definition) is 5. The molecule has 0 bridgehead atoms. The SMILES string of the molecule is Cc1nc(CN(C)C(=O)N[C@@H](CCC(N)=O)C(=O)O)n[nH]1. The first-order valence-electron chi connectivity index (χ1n) is 6.20. The predicted octanol–water partition coefficient (Wildman–Crippen LogP) is -1.03. The summed E-state index contributed by atoms with van der Waals surface area (Å²) in [7, 11) is 1.48. The number of aromatic amines is 1.